The Morgan fingerprint density at radius 3 is 2.96 bits per heavy atom. The number of hydrogen-bond acceptors (Lipinski definition) is 4. The first-order valence-electron chi connectivity index (χ1n) is 7.78. The second-order valence-electron chi connectivity index (χ2n) is 6.15. The van der Waals surface area contributed by atoms with Crippen molar-refractivity contribution in [3.05, 3.63) is 36.8 Å². The summed E-state index contributed by atoms with van der Waals surface area (Å²) in [6.45, 7) is 2.63. The molecule has 1 aliphatic rings. The van der Waals surface area contributed by atoms with E-state index in [0.29, 0.717) is 11.6 Å². The molecule has 122 valence electrons. The summed E-state index contributed by atoms with van der Waals surface area (Å²) in [7, 11) is 4.13. The van der Waals surface area contributed by atoms with Gasteiger partial charge in [0.15, 0.2) is 5.82 Å². The highest BCUT2D eigenvalue weighted by atomic mass is 16.2. The number of urea groups is 1. The number of nitrogens with one attached hydrogen (secondary N) is 1. The summed E-state index contributed by atoms with van der Waals surface area (Å²) in [5.74, 6) is 1.27. The predicted octanol–water partition coefficient (Wildman–Crippen LogP) is 1.68. The van der Waals surface area contributed by atoms with Crippen LogP contribution in [-0.2, 0) is 0 Å². The second-order valence-corrected chi connectivity index (χ2v) is 6.15. The molecule has 7 heteroatoms. The van der Waals surface area contributed by atoms with Gasteiger partial charge in [0.2, 0.25) is 0 Å². The molecule has 0 saturated carbocycles. The van der Waals surface area contributed by atoms with Crippen molar-refractivity contribution in [2.45, 2.75) is 6.42 Å². The number of carbonyl (C=O) groups is 1. The molecule has 1 aliphatic heterocycles. The van der Waals surface area contributed by atoms with Crippen LogP contribution < -0.4 is 5.32 Å². The van der Waals surface area contributed by atoms with Crippen LogP contribution in [-0.4, -0.2) is 64.3 Å². The molecule has 7 nitrogen and oxygen atoms in total. The first-order valence-corrected chi connectivity index (χ1v) is 7.78. The van der Waals surface area contributed by atoms with E-state index in [1.807, 2.05) is 29.3 Å². The fourth-order valence-corrected chi connectivity index (χ4v) is 2.88. The molecule has 0 spiro atoms. The quantitative estimate of drug-likeness (QED) is 0.932. The van der Waals surface area contributed by atoms with Crippen LogP contribution in [0.25, 0.3) is 5.82 Å². The van der Waals surface area contributed by atoms with Crippen LogP contribution in [0.5, 0.6) is 0 Å². The van der Waals surface area contributed by atoms with Crippen molar-refractivity contribution in [3.8, 4) is 5.82 Å². The van der Waals surface area contributed by atoms with Crippen LogP contribution in [0.1, 0.15) is 6.42 Å². The van der Waals surface area contributed by atoms with Crippen molar-refractivity contribution in [2.24, 2.45) is 5.92 Å². The van der Waals surface area contributed by atoms with E-state index in [1.165, 1.54) is 0 Å². The number of aromatic nitrogens is 3. The van der Waals surface area contributed by atoms with Gasteiger partial charge in [-0.05, 0) is 44.6 Å². The zero-order chi connectivity index (χ0) is 16.2. The number of amides is 2. The summed E-state index contributed by atoms with van der Waals surface area (Å²) in [4.78, 5) is 20.7. The predicted molar refractivity (Wildman–Crippen MR) is 88.6 cm³/mol. The van der Waals surface area contributed by atoms with Crippen molar-refractivity contribution >= 4 is 11.7 Å². The lowest BCUT2D eigenvalue weighted by atomic mass is 10.1. The topological polar surface area (TPSA) is 66.3 Å². The summed E-state index contributed by atoms with van der Waals surface area (Å²) < 4.78 is 1.68. The molecular formula is C16H22N6O. The van der Waals surface area contributed by atoms with Crippen LogP contribution >= 0.6 is 0 Å². The van der Waals surface area contributed by atoms with Gasteiger partial charge in [0.05, 0.1) is 11.9 Å². The molecule has 0 radical (unpaired) electrons. The Hall–Kier alpha value is -2.41. The molecule has 0 bridgehead atoms. The van der Waals surface area contributed by atoms with Gasteiger partial charge in [0, 0.05) is 32.0 Å². The molecule has 1 saturated heterocycles. The van der Waals surface area contributed by atoms with Gasteiger partial charge in [-0.15, -0.1) is 0 Å². The molecule has 0 aliphatic carbocycles. The summed E-state index contributed by atoms with van der Waals surface area (Å²) in [6, 6.07) is 5.46. The van der Waals surface area contributed by atoms with Crippen LogP contribution in [0.15, 0.2) is 36.8 Å². The van der Waals surface area contributed by atoms with E-state index in [1.54, 1.807) is 17.1 Å². The van der Waals surface area contributed by atoms with E-state index >= 15 is 0 Å². The summed E-state index contributed by atoms with van der Waals surface area (Å²) in [5, 5.41) is 7.04. The molecule has 2 amide bonds. The number of anilines is 1. The minimum atomic E-state index is -0.0557. The van der Waals surface area contributed by atoms with Crippen LogP contribution in [0.3, 0.4) is 0 Å². The monoisotopic (exact) mass is 314 g/mol. The standard InChI is InChI=1S/C16H22N6O/c1-20(2)11-13-6-9-21(12-13)16(23)19-14-4-5-15(17-10-14)22-8-3-7-18-22/h3-5,7-8,10,13H,6,9,11-12H2,1-2H3,(H,19,23). The van der Waals surface area contributed by atoms with Gasteiger partial charge in [-0.25, -0.2) is 14.5 Å². The van der Waals surface area contributed by atoms with E-state index < -0.39 is 0 Å². The summed E-state index contributed by atoms with van der Waals surface area (Å²) in [6.07, 6.45) is 6.25. The largest absolute Gasteiger partial charge is 0.324 e. The average Bonchev–Trinajstić information content (AvgIpc) is 3.19. The van der Waals surface area contributed by atoms with E-state index in [2.05, 4.69) is 34.4 Å². The van der Waals surface area contributed by atoms with Crippen LogP contribution in [0.4, 0.5) is 10.5 Å². The van der Waals surface area contributed by atoms with E-state index in [4.69, 9.17) is 0 Å². The summed E-state index contributed by atoms with van der Waals surface area (Å²) >= 11 is 0. The van der Waals surface area contributed by atoms with Gasteiger partial charge in [-0.1, -0.05) is 0 Å². The molecule has 1 fully saturated rings. The zero-order valence-corrected chi connectivity index (χ0v) is 13.5. The van der Waals surface area contributed by atoms with Gasteiger partial charge in [0.1, 0.15) is 0 Å². The lowest BCUT2D eigenvalue weighted by molar-refractivity contribution is 0.219. The maximum atomic E-state index is 12.3. The van der Waals surface area contributed by atoms with Gasteiger partial charge in [-0.3, -0.25) is 0 Å². The van der Waals surface area contributed by atoms with Crippen molar-refractivity contribution in [3.63, 3.8) is 0 Å². The Kier molecular flexibility index (Phi) is 4.57. The molecule has 1 N–H and O–H groups in total. The highest BCUT2D eigenvalue weighted by Crippen LogP contribution is 2.18. The number of rotatable bonds is 4. The number of likely N-dealkylation sites (tertiary alicyclic amines) is 1. The number of hydrogen-bond donors (Lipinski definition) is 1. The number of nitrogens with zero attached hydrogens (tertiary/aromatic N) is 5. The second kappa shape index (κ2) is 6.78. The van der Waals surface area contributed by atoms with Crippen LogP contribution in [0, 0.1) is 5.92 Å². The molecule has 2 aromatic rings. The highest BCUT2D eigenvalue weighted by Gasteiger charge is 2.26. The maximum absolute atomic E-state index is 12.3. The van der Waals surface area contributed by atoms with Crippen molar-refractivity contribution in [1.82, 2.24) is 24.6 Å². The Bertz CT molecular complexity index is 637. The van der Waals surface area contributed by atoms with Gasteiger partial charge >= 0.3 is 6.03 Å². The lowest BCUT2D eigenvalue weighted by Crippen LogP contribution is -2.34. The Labute approximate surface area is 135 Å². The fraction of sp³-hybridized carbons (Fsp3) is 0.438. The normalized spacial score (nSPS) is 17.7. The van der Waals surface area contributed by atoms with E-state index in [9.17, 15) is 4.79 Å². The molecule has 0 aromatic carbocycles. The lowest BCUT2D eigenvalue weighted by Gasteiger charge is -2.19. The van der Waals surface area contributed by atoms with Gasteiger partial charge < -0.3 is 15.1 Å². The Morgan fingerprint density at radius 2 is 2.30 bits per heavy atom. The van der Waals surface area contributed by atoms with Gasteiger partial charge in [0.25, 0.3) is 0 Å². The molecule has 1 atom stereocenters. The SMILES string of the molecule is CN(C)CC1CCN(C(=O)Nc2ccc(-n3cccn3)nc2)C1. The molecule has 1 unspecified atom stereocenters. The Morgan fingerprint density at radius 1 is 1.43 bits per heavy atom. The van der Waals surface area contributed by atoms with E-state index in [-0.39, 0.29) is 6.03 Å². The first-order chi connectivity index (χ1) is 11.1. The Balaban J connectivity index is 1.56. The molecule has 3 rings (SSSR count). The minimum Gasteiger partial charge on any atom is -0.324 e. The third-order valence-electron chi connectivity index (χ3n) is 3.93. The molecule has 3 heterocycles. The van der Waals surface area contributed by atoms with Crippen LogP contribution in [0.2, 0.25) is 0 Å². The highest BCUT2D eigenvalue weighted by molar-refractivity contribution is 5.89. The van der Waals surface area contributed by atoms with Crippen molar-refractivity contribution < 1.29 is 4.79 Å². The third-order valence-corrected chi connectivity index (χ3v) is 3.93. The molecule has 2 aromatic heterocycles. The zero-order valence-electron chi connectivity index (χ0n) is 13.5. The first kappa shape index (κ1) is 15.5. The average molecular weight is 314 g/mol. The van der Waals surface area contributed by atoms with Crippen molar-refractivity contribution in [1.29, 1.82) is 0 Å². The number of carbonyl (C=O) groups excluding carboxylic acids is 1. The third kappa shape index (κ3) is 3.87. The molecular weight excluding hydrogens is 292 g/mol. The smallest absolute Gasteiger partial charge is 0.321 e. The molecule has 23 heavy (non-hydrogen) atoms. The summed E-state index contributed by atoms with van der Waals surface area (Å²) in [5.41, 5.74) is 0.696. The maximum Gasteiger partial charge on any atom is 0.321 e. The minimum absolute atomic E-state index is 0.0557. The van der Waals surface area contributed by atoms with E-state index in [0.717, 1.165) is 31.9 Å². The fourth-order valence-electron chi connectivity index (χ4n) is 2.88. The van der Waals surface area contributed by atoms with Crippen molar-refractivity contribution in [2.75, 3.05) is 39.0 Å². The number of pyridine rings is 1. The van der Waals surface area contributed by atoms with Gasteiger partial charge in [-0.2, -0.15) is 5.10 Å².